The summed E-state index contributed by atoms with van der Waals surface area (Å²) in [6.07, 6.45) is 3.99. The van der Waals surface area contributed by atoms with Gasteiger partial charge in [0, 0.05) is 20.3 Å². The van der Waals surface area contributed by atoms with Crippen LogP contribution >= 0.6 is 0 Å². The molecule has 1 aromatic carbocycles. The molecule has 2 heterocycles. The van der Waals surface area contributed by atoms with Crippen molar-refractivity contribution in [1.82, 2.24) is 24.8 Å². The first-order chi connectivity index (χ1) is 18.4. The van der Waals surface area contributed by atoms with Crippen molar-refractivity contribution in [3.05, 3.63) is 70.2 Å². The van der Waals surface area contributed by atoms with E-state index in [1.807, 2.05) is 13.8 Å². The Morgan fingerprint density at radius 1 is 1.26 bits per heavy atom. The van der Waals surface area contributed by atoms with Crippen molar-refractivity contribution in [2.75, 3.05) is 19.4 Å². The molecule has 4 N–H and O–H groups in total. The Labute approximate surface area is 224 Å². The summed E-state index contributed by atoms with van der Waals surface area (Å²) < 4.78 is 15.5. The van der Waals surface area contributed by atoms with Gasteiger partial charge in [0.15, 0.2) is 0 Å². The molecule has 0 saturated heterocycles. The topological polar surface area (TPSA) is 149 Å². The van der Waals surface area contributed by atoms with Gasteiger partial charge in [-0.2, -0.15) is 0 Å². The number of benzene rings is 1. The molecule has 3 aromatic rings. The van der Waals surface area contributed by atoms with Crippen molar-refractivity contribution < 1.29 is 23.9 Å². The summed E-state index contributed by atoms with van der Waals surface area (Å²) in [7, 11) is 3.19. The third kappa shape index (κ3) is 8.00. The number of pyridine rings is 1. The number of allylic oxidation sites excluding steroid dienone is 1. The minimum atomic E-state index is -1.40. The van der Waals surface area contributed by atoms with Crippen molar-refractivity contribution in [2.45, 2.75) is 45.7 Å². The van der Waals surface area contributed by atoms with Gasteiger partial charge in [-0.1, -0.05) is 19.9 Å². The number of hydrogen-bond donors (Lipinski definition) is 4. The summed E-state index contributed by atoms with van der Waals surface area (Å²) in [6.45, 7) is 4.10. The van der Waals surface area contributed by atoms with Gasteiger partial charge in [0.05, 0.1) is 17.6 Å². The van der Waals surface area contributed by atoms with E-state index in [2.05, 4.69) is 20.6 Å². The zero-order valence-electron chi connectivity index (χ0n) is 22.3. The summed E-state index contributed by atoms with van der Waals surface area (Å²) >= 11 is 0. The number of aromatic amines is 1. The lowest BCUT2D eigenvalue weighted by molar-refractivity contribution is -0.123. The number of carbonyl (C=O) groups is 3. The van der Waals surface area contributed by atoms with Crippen LogP contribution in [0.2, 0.25) is 0 Å². The summed E-state index contributed by atoms with van der Waals surface area (Å²) in [4.78, 5) is 57.8. The molecule has 1 unspecified atom stereocenters. The molecule has 0 radical (unpaired) electrons. The third-order valence-electron chi connectivity index (χ3n) is 5.84. The normalized spacial score (nSPS) is 12.2. The molecule has 2 aromatic heterocycles. The molecule has 0 aliphatic rings. The lowest BCUT2D eigenvalue weighted by Crippen LogP contribution is -2.44. The lowest BCUT2D eigenvalue weighted by Gasteiger charge is -2.16. The first kappa shape index (κ1) is 29.1. The summed E-state index contributed by atoms with van der Waals surface area (Å²) in [6, 6.07) is 4.65. The van der Waals surface area contributed by atoms with Crippen molar-refractivity contribution in [2.24, 2.45) is 5.92 Å². The first-order valence-corrected chi connectivity index (χ1v) is 12.5. The number of imidazole rings is 1. The van der Waals surface area contributed by atoms with Crippen LogP contribution in [-0.4, -0.2) is 62.6 Å². The highest BCUT2D eigenvalue weighted by atomic mass is 19.1. The Hall–Kier alpha value is -4.48. The van der Waals surface area contributed by atoms with Crippen LogP contribution in [0, 0.1) is 11.7 Å². The number of H-pyrrole nitrogens is 1. The molecule has 0 saturated carbocycles. The Bertz CT molecular complexity index is 1440. The smallest absolute Gasteiger partial charge is 0.405 e. The van der Waals surface area contributed by atoms with E-state index in [4.69, 9.17) is 5.11 Å². The van der Waals surface area contributed by atoms with Gasteiger partial charge in [-0.25, -0.2) is 14.2 Å². The second-order valence-electron chi connectivity index (χ2n) is 9.80. The number of amides is 3. The number of rotatable bonds is 11. The number of carbonyl (C=O) groups excluding carboxylic acids is 2. The molecule has 3 amide bonds. The lowest BCUT2D eigenvalue weighted by atomic mass is 10.0. The molecule has 0 aliphatic heterocycles. The zero-order chi connectivity index (χ0) is 28.7. The van der Waals surface area contributed by atoms with Crippen LogP contribution in [0.4, 0.5) is 14.9 Å². The zero-order valence-corrected chi connectivity index (χ0v) is 22.3. The molecule has 11 nitrogen and oxygen atoms in total. The summed E-state index contributed by atoms with van der Waals surface area (Å²) in [5, 5.41) is 13.8. The fraction of sp³-hybridized carbons (Fsp3) is 0.370. The van der Waals surface area contributed by atoms with Crippen LogP contribution in [-0.2, 0) is 22.6 Å². The monoisotopic (exact) mass is 540 g/mol. The van der Waals surface area contributed by atoms with E-state index < -0.39 is 23.6 Å². The molecule has 1 atom stereocenters. The number of likely N-dealkylation sites (N-methyl/N-ethyl adjacent to an activating group) is 1. The van der Waals surface area contributed by atoms with E-state index in [-0.39, 0.29) is 36.8 Å². The van der Waals surface area contributed by atoms with E-state index in [9.17, 15) is 23.6 Å². The van der Waals surface area contributed by atoms with E-state index in [1.54, 1.807) is 26.2 Å². The van der Waals surface area contributed by atoms with Gasteiger partial charge >= 0.3 is 6.09 Å². The molecule has 0 fully saturated rings. The molecule has 0 aliphatic carbocycles. The summed E-state index contributed by atoms with van der Waals surface area (Å²) in [5.41, 5.74) is 1.38. The van der Waals surface area contributed by atoms with Gasteiger partial charge in [-0.3, -0.25) is 14.4 Å². The highest BCUT2D eigenvalue weighted by molar-refractivity contribution is 5.96. The Morgan fingerprint density at radius 2 is 2.00 bits per heavy atom. The SMILES string of the molecule is CC(C)Cc1cc(F)cc2[nH]c(Cn3cccc(NC(=O)C(CCC=CC(=O)N(C)C)NC(=O)O)c3=O)nc12. The van der Waals surface area contributed by atoms with Crippen LogP contribution in [0.15, 0.2) is 47.4 Å². The number of halogens is 1. The molecule has 0 bridgehead atoms. The average Bonchev–Trinajstić information content (AvgIpc) is 3.25. The minimum absolute atomic E-state index is 0.0410. The first-order valence-electron chi connectivity index (χ1n) is 12.5. The standard InChI is InChI=1S/C27H33FN6O5/c1-16(2)12-17-13-18(28)14-21-24(17)32-22(29-21)15-34-11-7-9-20(26(34)37)30-25(36)19(31-27(38)39)8-5-6-10-23(35)33(3)4/h6-7,9-11,13-14,16,19,31H,5,8,12,15H2,1-4H3,(H,29,32)(H,30,36)(H,38,39). The Balaban J connectivity index is 1.77. The number of anilines is 1. The number of nitrogens with one attached hydrogen (secondary N) is 3. The van der Waals surface area contributed by atoms with E-state index in [1.165, 1.54) is 39.9 Å². The van der Waals surface area contributed by atoms with Gasteiger partial charge in [0.2, 0.25) is 11.8 Å². The third-order valence-corrected chi connectivity index (χ3v) is 5.84. The van der Waals surface area contributed by atoms with Crippen molar-refractivity contribution >= 4 is 34.6 Å². The van der Waals surface area contributed by atoms with Gasteiger partial charge < -0.3 is 30.2 Å². The van der Waals surface area contributed by atoms with Crippen molar-refractivity contribution in [3.8, 4) is 0 Å². The Kier molecular flexibility index (Phi) is 9.58. The highest BCUT2D eigenvalue weighted by Gasteiger charge is 2.21. The fourth-order valence-electron chi connectivity index (χ4n) is 4.02. The predicted molar refractivity (Wildman–Crippen MR) is 145 cm³/mol. The second-order valence-corrected chi connectivity index (χ2v) is 9.80. The van der Waals surface area contributed by atoms with Gasteiger partial charge in [0.1, 0.15) is 23.4 Å². The fourth-order valence-corrected chi connectivity index (χ4v) is 4.02. The number of nitrogens with zero attached hydrogens (tertiary/aromatic N) is 3. The van der Waals surface area contributed by atoms with Crippen molar-refractivity contribution in [3.63, 3.8) is 0 Å². The van der Waals surface area contributed by atoms with E-state index >= 15 is 0 Å². The summed E-state index contributed by atoms with van der Waals surface area (Å²) in [5.74, 6) is -0.584. The van der Waals surface area contributed by atoms with Crippen molar-refractivity contribution in [1.29, 1.82) is 0 Å². The largest absolute Gasteiger partial charge is 0.465 e. The molecule has 12 heteroatoms. The highest BCUT2D eigenvalue weighted by Crippen LogP contribution is 2.22. The number of aromatic nitrogens is 3. The van der Waals surface area contributed by atoms with E-state index in [0.29, 0.717) is 29.2 Å². The van der Waals surface area contributed by atoms with Crippen LogP contribution in [0.25, 0.3) is 11.0 Å². The number of carboxylic acid groups (broad SMARTS) is 1. The quantitative estimate of drug-likeness (QED) is 0.275. The molecule has 3 rings (SSSR count). The Morgan fingerprint density at radius 3 is 2.67 bits per heavy atom. The van der Waals surface area contributed by atoms with Crippen LogP contribution in [0.3, 0.4) is 0 Å². The molecular weight excluding hydrogens is 507 g/mol. The van der Waals surface area contributed by atoms with Gasteiger partial charge in [0.25, 0.3) is 5.56 Å². The maximum Gasteiger partial charge on any atom is 0.405 e. The minimum Gasteiger partial charge on any atom is -0.465 e. The van der Waals surface area contributed by atoms with Crippen LogP contribution in [0.1, 0.15) is 38.1 Å². The van der Waals surface area contributed by atoms with E-state index in [0.717, 1.165) is 5.56 Å². The molecular formula is C27H33FN6O5. The molecule has 208 valence electrons. The number of hydrogen-bond acceptors (Lipinski definition) is 5. The number of fused-ring (bicyclic) bond motifs is 1. The maximum atomic E-state index is 14.1. The van der Waals surface area contributed by atoms with Crippen LogP contribution in [0.5, 0.6) is 0 Å². The van der Waals surface area contributed by atoms with Gasteiger partial charge in [-0.05, 0) is 61.1 Å². The molecule has 39 heavy (non-hydrogen) atoms. The average molecular weight is 541 g/mol. The molecule has 0 spiro atoms. The predicted octanol–water partition coefficient (Wildman–Crippen LogP) is 3.11. The second kappa shape index (κ2) is 12.9. The maximum absolute atomic E-state index is 14.1. The van der Waals surface area contributed by atoms with Crippen LogP contribution < -0.4 is 16.2 Å². The van der Waals surface area contributed by atoms with Gasteiger partial charge in [-0.15, -0.1) is 0 Å².